The molecule has 3 atom stereocenters. The molecule has 2 aromatic carbocycles. The summed E-state index contributed by atoms with van der Waals surface area (Å²) in [5.41, 5.74) is 5.24. The molecule has 5 rings (SSSR count). The van der Waals surface area contributed by atoms with Gasteiger partial charge in [0, 0.05) is 31.6 Å². The van der Waals surface area contributed by atoms with E-state index in [2.05, 4.69) is 53.1 Å². The van der Waals surface area contributed by atoms with Crippen molar-refractivity contribution in [2.24, 2.45) is 5.92 Å². The summed E-state index contributed by atoms with van der Waals surface area (Å²) in [5, 5.41) is 7.48. The van der Waals surface area contributed by atoms with Gasteiger partial charge in [-0.05, 0) is 53.1 Å². The van der Waals surface area contributed by atoms with E-state index in [9.17, 15) is 0 Å². The number of ether oxygens (including phenoxy) is 2. The fraction of sp³-hybridized carbons (Fsp3) is 0.500. The van der Waals surface area contributed by atoms with Gasteiger partial charge in [-0.25, -0.2) is 0 Å². The summed E-state index contributed by atoms with van der Waals surface area (Å²) in [6, 6.07) is 16.7. The van der Waals surface area contributed by atoms with Crippen molar-refractivity contribution in [3.63, 3.8) is 0 Å². The smallest absolute Gasteiger partial charge is 0.122 e. The van der Waals surface area contributed by atoms with Crippen LogP contribution in [0.2, 0.25) is 0 Å². The monoisotopic (exact) mass is 378 g/mol. The molecular weight excluding hydrogens is 348 g/mol. The summed E-state index contributed by atoms with van der Waals surface area (Å²) >= 11 is 0. The van der Waals surface area contributed by atoms with Crippen molar-refractivity contribution in [3.8, 4) is 16.9 Å². The van der Waals surface area contributed by atoms with Gasteiger partial charge in [-0.15, -0.1) is 0 Å². The second kappa shape index (κ2) is 8.24. The van der Waals surface area contributed by atoms with E-state index < -0.39 is 0 Å². The minimum Gasteiger partial charge on any atom is -0.493 e. The predicted molar refractivity (Wildman–Crippen MR) is 112 cm³/mol. The number of nitrogens with one attached hydrogen (secondary N) is 2. The minimum atomic E-state index is 0.514. The number of rotatable bonds is 5. The van der Waals surface area contributed by atoms with Crippen molar-refractivity contribution in [1.82, 2.24) is 10.6 Å². The highest BCUT2D eigenvalue weighted by Gasteiger charge is 2.34. The molecular formula is C24H30N2O2. The van der Waals surface area contributed by atoms with Gasteiger partial charge in [0.25, 0.3) is 0 Å². The Morgan fingerprint density at radius 1 is 1.00 bits per heavy atom. The van der Waals surface area contributed by atoms with Crippen LogP contribution in [0.25, 0.3) is 11.1 Å². The quantitative estimate of drug-likeness (QED) is 0.835. The molecule has 3 unspecified atom stereocenters. The lowest BCUT2D eigenvalue weighted by molar-refractivity contribution is 0.0524. The maximum Gasteiger partial charge on any atom is 0.122 e. The molecule has 4 heteroatoms. The van der Waals surface area contributed by atoms with Crippen LogP contribution in [0.15, 0.2) is 42.5 Å². The molecule has 0 amide bonds. The van der Waals surface area contributed by atoms with E-state index in [4.69, 9.17) is 9.47 Å². The van der Waals surface area contributed by atoms with Crippen LogP contribution >= 0.6 is 0 Å². The predicted octanol–water partition coefficient (Wildman–Crippen LogP) is 3.54. The van der Waals surface area contributed by atoms with Gasteiger partial charge in [0.2, 0.25) is 0 Å². The van der Waals surface area contributed by atoms with Crippen LogP contribution < -0.4 is 15.4 Å². The zero-order valence-corrected chi connectivity index (χ0v) is 16.5. The molecule has 0 bridgehead atoms. The van der Waals surface area contributed by atoms with Crippen molar-refractivity contribution < 1.29 is 9.47 Å². The van der Waals surface area contributed by atoms with Crippen LogP contribution in [-0.4, -0.2) is 38.4 Å². The molecule has 0 aromatic heterocycles. The number of hydrogen-bond donors (Lipinski definition) is 2. The first-order valence-corrected chi connectivity index (χ1v) is 10.8. The Kier molecular flexibility index (Phi) is 5.34. The lowest BCUT2D eigenvalue weighted by Gasteiger charge is -2.33. The normalized spacial score (nSPS) is 26.8. The van der Waals surface area contributed by atoms with Crippen LogP contribution in [-0.2, 0) is 17.7 Å². The van der Waals surface area contributed by atoms with Gasteiger partial charge < -0.3 is 20.1 Å². The zero-order chi connectivity index (χ0) is 18.8. The second-order valence-corrected chi connectivity index (χ2v) is 8.34. The van der Waals surface area contributed by atoms with E-state index in [0.29, 0.717) is 18.0 Å². The second-order valence-electron chi connectivity index (χ2n) is 8.34. The number of benzene rings is 2. The largest absolute Gasteiger partial charge is 0.493 e. The highest BCUT2D eigenvalue weighted by molar-refractivity contribution is 5.66. The Labute approximate surface area is 167 Å². The Morgan fingerprint density at radius 2 is 1.89 bits per heavy atom. The third-order valence-corrected chi connectivity index (χ3v) is 6.58. The maximum absolute atomic E-state index is 5.69. The van der Waals surface area contributed by atoms with Crippen LogP contribution in [0.3, 0.4) is 0 Å². The van der Waals surface area contributed by atoms with E-state index in [0.717, 1.165) is 45.1 Å². The standard InChI is InChI=1S/C24H30N2O2/c1-2-21(23-16-27-13-11-25-23)22(3-1)26-15-17-4-6-18(7-5-17)19-8-9-24-20(14-19)10-12-28-24/h4-9,14,21-23,25-26H,1-3,10-13,15-16H2. The average Bonchev–Trinajstić information content (AvgIpc) is 3.42. The summed E-state index contributed by atoms with van der Waals surface area (Å²) in [6.07, 6.45) is 4.92. The summed E-state index contributed by atoms with van der Waals surface area (Å²) in [6.45, 7) is 4.46. The molecule has 28 heavy (non-hydrogen) atoms. The topological polar surface area (TPSA) is 42.5 Å². The summed E-state index contributed by atoms with van der Waals surface area (Å²) in [5.74, 6) is 1.74. The highest BCUT2D eigenvalue weighted by atomic mass is 16.5. The van der Waals surface area contributed by atoms with E-state index in [-0.39, 0.29) is 0 Å². The Bertz CT molecular complexity index is 799. The molecule has 4 nitrogen and oxygen atoms in total. The Hall–Kier alpha value is -1.88. The van der Waals surface area contributed by atoms with Crippen molar-refractivity contribution in [3.05, 3.63) is 53.6 Å². The fourth-order valence-corrected chi connectivity index (χ4v) is 5.01. The van der Waals surface area contributed by atoms with Crippen molar-refractivity contribution in [2.45, 2.75) is 44.3 Å². The average molecular weight is 379 g/mol. The van der Waals surface area contributed by atoms with Crippen LogP contribution in [0.1, 0.15) is 30.4 Å². The van der Waals surface area contributed by atoms with Crippen molar-refractivity contribution in [2.75, 3.05) is 26.4 Å². The van der Waals surface area contributed by atoms with E-state index >= 15 is 0 Å². The first kappa shape index (κ1) is 18.2. The third-order valence-electron chi connectivity index (χ3n) is 6.58. The van der Waals surface area contributed by atoms with Crippen molar-refractivity contribution in [1.29, 1.82) is 0 Å². The minimum absolute atomic E-state index is 0.514. The van der Waals surface area contributed by atoms with Crippen LogP contribution in [0.4, 0.5) is 0 Å². The molecule has 0 spiro atoms. The van der Waals surface area contributed by atoms with Crippen LogP contribution in [0.5, 0.6) is 5.75 Å². The molecule has 2 N–H and O–H groups in total. The lowest BCUT2D eigenvalue weighted by atomic mass is 9.93. The van der Waals surface area contributed by atoms with E-state index in [1.54, 1.807) is 0 Å². The van der Waals surface area contributed by atoms with Gasteiger partial charge >= 0.3 is 0 Å². The first-order valence-electron chi connectivity index (χ1n) is 10.8. The Morgan fingerprint density at radius 3 is 2.75 bits per heavy atom. The summed E-state index contributed by atoms with van der Waals surface area (Å²) in [7, 11) is 0. The molecule has 1 aliphatic carbocycles. The third kappa shape index (κ3) is 3.82. The van der Waals surface area contributed by atoms with Crippen LogP contribution in [0, 0.1) is 5.92 Å². The Balaban J connectivity index is 1.20. The lowest BCUT2D eigenvalue weighted by Crippen LogP contribution is -2.50. The molecule has 1 saturated carbocycles. The molecule has 2 aromatic rings. The van der Waals surface area contributed by atoms with Gasteiger partial charge in [-0.2, -0.15) is 0 Å². The number of hydrogen-bond acceptors (Lipinski definition) is 4. The summed E-state index contributed by atoms with van der Waals surface area (Å²) < 4.78 is 11.3. The molecule has 2 heterocycles. The SMILES string of the molecule is c1cc(-c2ccc3c(c2)CCO3)ccc1CNC1CCCC1C1COCCN1. The molecule has 3 aliphatic rings. The van der Waals surface area contributed by atoms with Gasteiger partial charge in [-0.3, -0.25) is 0 Å². The van der Waals surface area contributed by atoms with Gasteiger partial charge in [-0.1, -0.05) is 36.8 Å². The summed E-state index contributed by atoms with van der Waals surface area (Å²) in [4.78, 5) is 0. The molecule has 2 fully saturated rings. The molecule has 0 radical (unpaired) electrons. The molecule has 148 valence electrons. The van der Waals surface area contributed by atoms with Gasteiger partial charge in [0.05, 0.1) is 19.8 Å². The van der Waals surface area contributed by atoms with Gasteiger partial charge in [0.1, 0.15) is 5.75 Å². The van der Waals surface area contributed by atoms with Crippen molar-refractivity contribution >= 4 is 0 Å². The van der Waals surface area contributed by atoms with E-state index in [1.807, 2.05) is 0 Å². The van der Waals surface area contributed by atoms with Gasteiger partial charge in [0.15, 0.2) is 0 Å². The highest BCUT2D eigenvalue weighted by Crippen LogP contribution is 2.31. The number of morpholine rings is 1. The fourth-order valence-electron chi connectivity index (χ4n) is 5.01. The van der Waals surface area contributed by atoms with E-state index in [1.165, 1.54) is 41.5 Å². The zero-order valence-electron chi connectivity index (χ0n) is 16.5. The maximum atomic E-state index is 5.69. The number of fused-ring (bicyclic) bond motifs is 1. The molecule has 1 saturated heterocycles. The first-order chi connectivity index (χ1) is 13.9. The molecule has 2 aliphatic heterocycles.